The van der Waals surface area contributed by atoms with Gasteiger partial charge in [0.15, 0.2) is 0 Å². The SMILES string of the molecule is Cc1cccc(C2(C(=O)NC3CC3C)CCCCC2)c1. The largest absolute Gasteiger partial charge is 0.352 e. The molecule has 0 bridgehead atoms. The monoisotopic (exact) mass is 271 g/mol. The number of benzene rings is 1. The number of rotatable bonds is 3. The first-order chi connectivity index (χ1) is 9.62. The summed E-state index contributed by atoms with van der Waals surface area (Å²) in [5, 5.41) is 3.29. The summed E-state index contributed by atoms with van der Waals surface area (Å²) >= 11 is 0. The van der Waals surface area contributed by atoms with Gasteiger partial charge in [-0.3, -0.25) is 4.79 Å². The minimum absolute atomic E-state index is 0.271. The lowest BCUT2D eigenvalue weighted by molar-refractivity contribution is -0.128. The molecule has 3 rings (SSSR count). The Kier molecular flexibility index (Phi) is 3.57. The molecule has 1 aromatic rings. The van der Waals surface area contributed by atoms with Gasteiger partial charge in [0.2, 0.25) is 5.91 Å². The van der Waals surface area contributed by atoms with Gasteiger partial charge in [0.05, 0.1) is 5.41 Å². The molecule has 2 aliphatic carbocycles. The molecule has 2 nitrogen and oxygen atoms in total. The lowest BCUT2D eigenvalue weighted by Gasteiger charge is -2.36. The molecule has 2 heteroatoms. The van der Waals surface area contributed by atoms with Crippen LogP contribution in [0.3, 0.4) is 0 Å². The molecular formula is C18H25NO. The normalized spacial score (nSPS) is 27.9. The Bertz CT molecular complexity index is 502. The van der Waals surface area contributed by atoms with E-state index in [9.17, 15) is 4.79 Å². The van der Waals surface area contributed by atoms with Crippen molar-refractivity contribution in [3.8, 4) is 0 Å². The molecule has 2 fully saturated rings. The third kappa shape index (κ3) is 2.48. The Hall–Kier alpha value is -1.31. The van der Waals surface area contributed by atoms with E-state index in [2.05, 4.69) is 43.4 Å². The minimum atomic E-state index is -0.271. The molecule has 0 aliphatic heterocycles. The van der Waals surface area contributed by atoms with E-state index in [0.29, 0.717) is 12.0 Å². The van der Waals surface area contributed by atoms with Crippen molar-refractivity contribution in [3.63, 3.8) is 0 Å². The fourth-order valence-corrected chi connectivity index (χ4v) is 3.57. The summed E-state index contributed by atoms with van der Waals surface area (Å²) in [4.78, 5) is 12.9. The maximum atomic E-state index is 12.9. The van der Waals surface area contributed by atoms with Gasteiger partial charge < -0.3 is 5.32 Å². The molecule has 0 aromatic heterocycles. The van der Waals surface area contributed by atoms with Gasteiger partial charge in [-0.2, -0.15) is 0 Å². The first-order valence-corrected chi connectivity index (χ1v) is 8.00. The Labute approximate surface area is 122 Å². The van der Waals surface area contributed by atoms with E-state index in [1.165, 1.54) is 30.4 Å². The van der Waals surface area contributed by atoms with Crippen LogP contribution in [0.2, 0.25) is 0 Å². The topological polar surface area (TPSA) is 29.1 Å². The van der Waals surface area contributed by atoms with Crippen molar-refractivity contribution in [2.75, 3.05) is 0 Å². The molecule has 1 amide bonds. The molecule has 0 heterocycles. The molecule has 1 aromatic carbocycles. The van der Waals surface area contributed by atoms with Crippen LogP contribution in [0.4, 0.5) is 0 Å². The van der Waals surface area contributed by atoms with Gasteiger partial charge in [0.25, 0.3) is 0 Å². The predicted molar refractivity (Wildman–Crippen MR) is 81.7 cm³/mol. The Morgan fingerprint density at radius 1 is 1.25 bits per heavy atom. The highest BCUT2D eigenvalue weighted by Gasteiger charge is 2.44. The van der Waals surface area contributed by atoms with Crippen LogP contribution in [0.15, 0.2) is 24.3 Å². The van der Waals surface area contributed by atoms with Gasteiger partial charge in [-0.25, -0.2) is 0 Å². The van der Waals surface area contributed by atoms with Crippen molar-refractivity contribution >= 4 is 5.91 Å². The van der Waals surface area contributed by atoms with Crippen LogP contribution in [0.25, 0.3) is 0 Å². The second-order valence-corrected chi connectivity index (χ2v) is 6.81. The highest BCUT2D eigenvalue weighted by Crippen LogP contribution is 2.41. The van der Waals surface area contributed by atoms with Crippen molar-refractivity contribution in [3.05, 3.63) is 35.4 Å². The van der Waals surface area contributed by atoms with Crippen molar-refractivity contribution in [1.29, 1.82) is 0 Å². The van der Waals surface area contributed by atoms with Gasteiger partial charge in [0, 0.05) is 6.04 Å². The highest BCUT2D eigenvalue weighted by atomic mass is 16.2. The number of hydrogen-bond acceptors (Lipinski definition) is 1. The molecule has 2 aliphatic rings. The molecule has 1 N–H and O–H groups in total. The number of nitrogens with one attached hydrogen (secondary N) is 1. The number of hydrogen-bond donors (Lipinski definition) is 1. The lowest BCUT2D eigenvalue weighted by atomic mass is 9.68. The van der Waals surface area contributed by atoms with Crippen LogP contribution in [-0.4, -0.2) is 11.9 Å². The third-order valence-corrected chi connectivity index (χ3v) is 5.14. The maximum Gasteiger partial charge on any atom is 0.230 e. The second kappa shape index (κ2) is 5.23. The van der Waals surface area contributed by atoms with Gasteiger partial charge in [-0.05, 0) is 37.7 Å². The summed E-state index contributed by atoms with van der Waals surface area (Å²) in [5.41, 5.74) is 2.20. The Balaban J connectivity index is 1.89. The fraction of sp³-hybridized carbons (Fsp3) is 0.611. The predicted octanol–water partition coefficient (Wildman–Crippen LogP) is 3.72. The molecule has 108 valence electrons. The molecular weight excluding hydrogens is 246 g/mol. The first kappa shape index (κ1) is 13.7. The quantitative estimate of drug-likeness (QED) is 0.892. The molecule has 0 radical (unpaired) electrons. The van der Waals surface area contributed by atoms with Crippen LogP contribution >= 0.6 is 0 Å². The van der Waals surface area contributed by atoms with E-state index in [-0.39, 0.29) is 11.3 Å². The Morgan fingerprint density at radius 3 is 2.55 bits per heavy atom. The molecule has 2 atom stereocenters. The van der Waals surface area contributed by atoms with Crippen molar-refractivity contribution in [2.24, 2.45) is 5.92 Å². The number of amides is 1. The number of carbonyl (C=O) groups excluding carboxylic acids is 1. The molecule has 20 heavy (non-hydrogen) atoms. The average Bonchev–Trinajstić information content (AvgIpc) is 3.15. The van der Waals surface area contributed by atoms with E-state index in [4.69, 9.17) is 0 Å². The number of carbonyl (C=O) groups is 1. The highest BCUT2D eigenvalue weighted by molar-refractivity contribution is 5.89. The van der Waals surface area contributed by atoms with Gasteiger partial charge in [0.1, 0.15) is 0 Å². The van der Waals surface area contributed by atoms with Gasteiger partial charge in [-0.1, -0.05) is 56.0 Å². The van der Waals surface area contributed by atoms with Gasteiger partial charge >= 0.3 is 0 Å². The van der Waals surface area contributed by atoms with Crippen LogP contribution in [0.1, 0.15) is 56.6 Å². The van der Waals surface area contributed by atoms with E-state index >= 15 is 0 Å². The summed E-state index contributed by atoms with van der Waals surface area (Å²) in [5.74, 6) is 0.939. The fourth-order valence-electron chi connectivity index (χ4n) is 3.57. The Morgan fingerprint density at radius 2 is 1.95 bits per heavy atom. The van der Waals surface area contributed by atoms with Crippen LogP contribution in [0, 0.1) is 12.8 Å². The van der Waals surface area contributed by atoms with E-state index in [1.54, 1.807) is 0 Å². The van der Waals surface area contributed by atoms with E-state index in [1.807, 2.05) is 0 Å². The zero-order valence-corrected chi connectivity index (χ0v) is 12.6. The third-order valence-electron chi connectivity index (χ3n) is 5.14. The second-order valence-electron chi connectivity index (χ2n) is 6.81. The molecule has 2 saturated carbocycles. The van der Waals surface area contributed by atoms with Crippen molar-refractivity contribution in [1.82, 2.24) is 5.32 Å². The maximum absolute atomic E-state index is 12.9. The lowest BCUT2D eigenvalue weighted by Crippen LogP contribution is -2.46. The van der Waals surface area contributed by atoms with Crippen LogP contribution in [0.5, 0.6) is 0 Å². The zero-order chi connectivity index (χ0) is 14.2. The van der Waals surface area contributed by atoms with Crippen molar-refractivity contribution in [2.45, 2.75) is 63.8 Å². The summed E-state index contributed by atoms with van der Waals surface area (Å²) < 4.78 is 0. The van der Waals surface area contributed by atoms with Crippen LogP contribution in [-0.2, 0) is 10.2 Å². The van der Waals surface area contributed by atoms with E-state index < -0.39 is 0 Å². The summed E-state index contributed by atoms with van der Waals surface area (Å²) in [6.45, 7) is 4.33. The zero-order valence-electron chi connectivity index (χ0n) is 12.6. The van der Waals surface area contributed by atoms with Crippen molar-refractivity contribution < 1.29 is 4.79 Å². The standard InChI is InChI=1S/C18H25NO/c1-13-7-6-8-15(11-13)18(9-4-3-5-10-18)17(20)19-16-12-14(16)2/h6-8,11,14,16H,3-5,9-10,12H2,1-2H3,(H,19,20). The smallest absolute Gasteiger partial charge is 0.230 e. The minimum Gasteiger partial charge on any atom is -0.352 e. The molecule has 2 unspecified atom stereocenters. The summed E-state index contributed by atoms with van der Waals surface area (Å²) in [6.07, 6.45) is 6.76. The number of aryl methyl sites for hydroxylation is 1. The van der Waals surface area contributed by atoms with E-state index in [0.717, 1.165) is 19.3 Å². The van der Waals surface area contributed by atoms with Crippen LogP contribution < -0.4 is 5.32 Å². The molecule has 0 spiro atoms. The summed E-state index contributed by atoms with van der Waals surface area (Å²) in [7, 11) is 0. The summed E-state index contributed by atoms with van der Waals surface area (Å²) in [6, 6.07) is 8.98. The van der Waals surface area contributed by atoms with Gasteiger partial charge in [-0.15, -0.1) is 0 Å². The first-order valence-electron chi connectivity index (χ1n) is 8.00. The molecule has 0 saturated heterocycles. The average molecular weight is 271 g/mol.